The largest absolute Gasteiger partial charge is 0.497 e. The molecule has 0 fully saturated rings. The summed E-state index contributed by atoms with van der Waals surface area (Å²) in [5.41, 5.74) is 2.57. The van der Waals surface area contributed by atoms with Crippen LogP contribution in [-0.2, 0) is 26.2 Å². The molecule has 0 saturated carbocycles. The number of halogens is 4. The maximum atomic E-state index is 13.4. The standard InChI is InChI=1S/C21H30F3N5O.HI/c1-7-25-20(27-13(2)10-18-14(3)28-29(5)15(18)4)26-12-16-8-9-17(30-6)11-19(16)21(22,23)24;/h8-9,11,13H,7,10,12H2,1-6H3,(H2,25,26,27);1H. The lowest BCUT2D eigenvalue weighted by Gasteiger charge is -2.19. The summed E-state index contributed by atoms with van der Waals surface area (Å²) in [6, 6.07) is 3.93. The second kappa shape index (κ2) is 11.6. The van der Waals surface area contributed by atoms with Crippen LogP contribution >= 0.6 is 24.0 Å². The highest BCUT2D eigenvalue weighted by atomic mass is 127. The number of aliphatic imine (C=N–C) groups is 1. The molecule has 0 spiro atoms. The zero-order valence-electron chi connectivity index (χ0n) is 18.7. The van der Waals surface area contributed by atoms with Gasteiger partial charge in [-0.15, -0.1) is 24.0 Å². The fourth-order valence-electron chi connectivity index (χ4n) is 3.27. The van der Waals surface area contributed by atoms with Crippen LogP contribution < -0.4 is 15.4 Å². The summed E-state index contributed by atoms with van der Waals surface area (Å²) in [6.07, 6.45) is -3.75. The molecule has 2 N–H and O–H groups in total. The van der Waals surface area contributed by atoms with Gasteiger partial charge < -0.3 is 15.4 Å². The molecule has 1 aromatic heterocycles. The normalized spacial score (nSPS) is 12.9. The van der Waals surface area contributed by atoms with E-state index >= 15 is 0 Å². The molecule has 0 saturated heterocycles. The maximum Gasteiger partial charge on any atom is 0.416 e. The van der Waals surface area contributed by atoms with Crippen molar-refractivity contribution in [2.24, 2.45) is 12.0 Å². The molecule has 0 aliphatic heterocycles. The van der Waals surface area contributed by atoms with Crippen LogP contribution in [-0.4, -0.2) is 35.4 Å². The monoisotopic (exact) mass is 553 g/mol. The van der Waals surface area contributed by atoms with Crippen molar-refractivity contribution < 1.29 is 17.9 Å². The maximum absolute atomic E-state index is 13.4. The lowest BCUT2D eigenvalue weighted by atomic mass is 10.1. The summed E-state index contributed by atoms with van der Waals surface area (Å²) in [4.78, 5) is 4.38. The highest BCUT2D eigenvalue weighted by Gasteiger charge is 2.33. The van der Waals surface area contributed by atoms with E-state index in [1.165, 1.54) is 19.2 Å². The second-order valence-corrected chi connectivity index (χ2v) is 7.24. The topological polar surface area (TPSA) is 63.5 Å². The summed E-state index contributed by atoms with van der Waals surface area (Å²) in [6.45, 7) is 8.39. The van der Waals surface area contributed by atoms with Crippen molar-refractivity contribution in [1.82, 2.24) is 20.4 Å². The first kappa shape index (κ1) is 27.1. The number of hydrogen-bond acceptors (Lipinski definition) is 3. The number of rotatable bonds is 7. The van der Waals surface area contributed by atoms with Crippen LogP contribution in [0.2, 0.25) is 0 Å². The van der Waals surface area contributed by atoms with Crippen molar-refractivity contribution in [3.63, 3.8) is 0 Å². The number of guanidine groups is 1. The minimum absolute atomic E-state index is 0. The van der Waals surface area contributed by atoms with E-state index in [1.807, 2.05) is 39.4 Å². The predicted octanol–water partition coefficient (Wildman–Crippen LogP) is 4.37. The molecule has 0 aliphatic carbocycles. The fourth-order valence-corrected chi connectivity index (χ4v) is 3.27. The number of hydrogen-bond donors (Lipinski definition) is 2. The molecule has 1 atom stereocenters. The lowest BCUT2D eigenvalue weighted by Crippen LogP contribution is -2.43. The number of benzene rings is 1. The van der Waals surface area contributed by atoms with Gasteiger partial charge in [-0.2, -0.15) is 18.3 Å². The van der Waals surface area contributed by atoms with E-state index in [0.29, 0.717) is 12.5 Å². The van der Waals surface area contributed by atoms with Gasteiger partial charge in [0.2, 0.25) is 0 Å². The van der Waals surface area contributed by atoms with Crippen LogP contribution in [0, 0.1) is 13.8 Å². The van der Waals surface area contributed by atoms with Crippen molar-refractivity contribution in [2.45, 2.75) is 52.9 Å². The Bertz CT molecular complexity index is 896. The van der Waals surface area contributed by atoms with Crippen molar-refractivity contribution in [1.29, 1.82) is 0 Å². The zero-order chi connectivity index (χ0) is 22.5. The van der Waals surface area contributed by atoms with Crippen LogP contribution in [0.1, 0.15) is 41.9 Å². The van der Waals surface area contributed by atoms with E-state index < -0.39 is 11.7 Å². The SMILES string of the molecule is CCNC(=NCc1ccc(OC)cc1C(F)(F)F)NC(C)Cc1c(C)nn(C)c1C.I. The highest BCUT2D eigenvalue weighted by Crippen LogP contribution is 2.34. The summed E-state index contributed by atoms with van der Waals surface area (Å²) < 4.78 is 47.1. The Morgan fingerprint density at radius 2 is 1.97 bits per heavy atom. The van der Waals surface area contributed by atoms with E-state index in [4.69, 9.17) is 4.74 Å². The summed E-state index contributed by atoms with van der Waals surface area (Å²) in [7, 11) is 3.25. The number of aryl methyl sites for hydroxylation is 2. The molecule has 1 heterocycles. The number of methoxy groups -OCH3 is 1. The van der Waals surface area contributed by atoms with Gasteiger partial charge in [0.05, 0.1) is 24.9 Å². The molecule has 2 aromatic rings. The van der Waals surface area contributed by atoms with Gasteiger partial charge in [-0.25, -0.2) is 4.99 Å². The first-order chi connectivity index (χ1) is 14.1. The Morgan fingerprint density at radius 1 is 1.29 bits per heavy atom. The zero-order valence-corrected chi connectivity index (χ0v) is 21.1. The third-order valence-corrected chi connectivity index (χ3v) is 4.93. The molecule has 0 aliphatic rings. The number of nitrogens with zero attached hydrogens (tertiary/aromatic N) is 3. The fraction of sp³-hybridized carbons (Fsp3) is 0.524. The number of alkyl halides is 3. The first-order valence-corrected chi connectivity index (χ1v) is 9.84. The lowest BCUT2D eigenvalue weighted by molar-refractivity contribution is -0.138. The molecule has 174 valence electrons. The van der Waals surface area contributed by atoms with Gasteiger partial charge in [0.1, 0.15) is 5.75 Å². The van der Waals surface area contributed by atoms with Gasteiger partial charge in [0.15, 0.2) is 5.96 Å². The summed E-state index contributed by atoms with van der Waals surface area (Å²) >= 11 is 0. The van der Waals surface area contributed by atoms with Crippen molar-refractivity contribution in [2.75, 3.05) is 13.7 Å². The Balaban J connectivity index is 0.00000480. The van der Waals surface area contributed by atoms with Crippen LogP contribution in [0.25, 0.3) is 0 Å². The van der Waals surface area contributed by atoms with Crippen LogP contribution in [0.3, 0.4) is 0 Å². The van der Waals surface area contributed by atoms with Gasteiger partial charge in [-0.3, -0.25) is 4.68 Å². The molecule has 6 nitrogen and oxygen atoms in total. The molecular weight excluding hydrogens is 522 g/mol. The van der Waals surface area contributed by atoms with Crippen LogP contribution in [0.15, 0.2) is 23.2 Å². The molecule has 1 unspecified atom stereocenters. The third-order valence-electron chi connectivity index (χ3n) is 4.93. The van der Waals surface area contributed by atoms with E-state index in [2.05, 4.69) is 20.7 Å². The van der Waals surface area contributed by atoms with Crippen LogP contribution in [0.5, 0.6) is 5.75 Å². The van der Waals surface area contributed by atoms with Gasteiger partial charge in [-0.1, -0.05) is 6.07 Å². The minimum Gasteiger partial charge on any atom is -0.497 e. The van der Waals surface area contributed by atoms with E-state index in [0.717, 1.165) is 29.4 Å². The summed E-state index contributed by atoms with van der Waals surface area (Å²) in [5, 5.41) is 10.8. The van der Waals surface area contributed by atoms with Gasteiger partial charge in [0.25, 0.3) is 0 Å². The van der Waals surface area contributed by atoms with Gasteiger partial charge in [-0.05, 0) is 57.4 Å². The van der Waals surface area contributed by atoms with Crippen LogP contribution in [0.4, 0.5) is 13.2 Å². The van der Waals surface area contributed by atoms with E-state index in [9.17, 15) is 13.2 Å². The average Bonchev–Trinajstić information content (AvgIpc) is 2.91. The molecule has 0 radical (unpaired) electrons. The second-order valence-electron chi connectivity index (χ2n) is 7.24. The van der Waals surface area contributed by atoms with Crippen molar-refractivity contribution in [3.05, 3.63) is 46.3 Å². The molecule has 31 heavy (non-hydrogen) atoms. The molecule has 10 heteroatoms. The smallest absolute Gasteiger partial charge is 0.416 e. The third kappa shape index (κ3) is 7.29. The molecule has 1 aromatic carbocycles. The highest BCUT2D eigenvalue weighted by molar-refractivity contribution is 14.0. The molecular formula is C21H31F3IN5O. The van der Waals surface area contributed by atoms with Gasteiger partial charge >= 0.3 is 6.18 Å². The van der Waals surface area contributed by atoms with Gasteiger partial charge in [0, 0.05) is 25.3 Å². The average molecular weight is 553 g/mol. The Kier molecular flexibility index (Phi) is 10.1. The molecule has 0 amide bonds. The number of aromatic nitrogens is 2. The molecule has 2 rings (SSSR count). The predicted molar refractivity (Wildman–Crippen MR) is 127 cm³/mol. The summed E-state index contributed by atoms with van der Waals surface area (Å²) in [5.74, 6) is 0.629. The Hall–Kier alpha value is -1.98. The Morgan fingerprint density at radius 3 is 2.48 bits per heavy atom. The first-order valence-electron chi connectivity index (χ1n) is 9.84. The van der Waals surface area contributed by atoms with E-state index in [1.54, 1.807) is 0 Å². The minimum atomic E-state index is -4.48. The van der Waals surface area contributed by atoms with E-state index in [-0.39, 0.29) is 47.9 Å². The van der Waals surface area contributed by atoms with Crippen molar-refractivity contribution >= 4 is 29.9 Å². The molecule has 0 bridgehead atoms. The number of ether oxygens (including phenoxy) is 1. The number of nitrogens with one attached hydrogen (secondary N) is 2. The van der Waals surface area contributed by atoms with Crippen molar-refractivity contribution in [3.8, 4) is 5.75 Å². The quantitative estimate of drug-likeness (QED) is 0.304. The Labute approximate surface area is 198 Å².